The van der Waals surface area contributed by atoms with E-state index in [1.54, 1.807) is 0 Å². The van der Waals surface area contributed by atoms with Crippen LogP contribution >= 0.6 is 0 Å². The van der Waals surface area contributed by atoms with Gasteiger partial charge in [-0.2, -0.15) is 0 Å². The Kier molecular flexibility index (Phi) is 5.06. The van der Waals surface area contributed by atoms with E-state index < -0.39 is 10.7 Å². The van der Waals surface area contributed by atoms with Crippen LogP contribution in [-0.2, 0) is 0 Å². The molecule has 0 unspecified atom stereocenters. The molecule has 1 aromatic carbocycles. The third kappa shape index (κ3) is 3.94. The minimum atomic E-state index is -0.611. The molecule has 0 atom stereocenters. The Hall–Kier alpha value is -3.36. The van der Waals surface area contributed by atoms with Crippen molar-refractivity contribution in [2.24, 2.45) is 5.92 Å². The zero-order valence-electron chi connectivity index (χ0n) is 13.9. The molecule has 0 aliphatic rings. The van der Waals surface area contributed by atoms with Crippen molar-refractivity contribution in [2.75, 3.05) is 23.8 Å². The summed E-state index contributed by atoms with van der Waals surface area (Å²) in [6, 6.07) is 5.23. The summed E-state index contributed by atoms with van der Waals surface area (Å²) in [7, 11) is 0. The first-order valence-corrected chi connectivity index (χ1v) is 7.48. The summed E-state index contributed by atoms with van der Waals surface area (Å²) in [6.07, 6.45) is 0. The molecule has 0 spiro atoms. The number of nitro groups is 1. The van der Waals surface area contributed by atoms with Crippen molar-refractivity contribution in [1.29, 1.82) is 0 Å². The number of nitrogens with zero attached hydrogens (tertiary/aromatic N) is 2. The van der Waals surface area contributed by atoms with E-state index in [-0.39, 0.29) is 45.8 Å². The number of hydrogen-bond acceptors (Lipinski definition) is 8. The summed E-state index contributed by atoms with van der Waals surface area (Å²) in [5, 5.41) is 11.3. The maximum atomic E-state index is 12.6. The first kappa shape index (κ1) is 18.0. The lowest BCUT2D eigenvalue weighted by Gasteiger charge is -2.11. The Morgan fingerprint density at radius 3 is 2.52 bits per heavy atom. The molecule has 132 valence electrons. The summed E-state index contributed by atoms with van der Waals surface area (Å²) < 4.78 is 5.43. The van der Waals surface area contributed by atoms with E-state index in [9.17, 15) is 14.9 Å². The number of nitro benzene ring substituents is 1. The molecule has 1 heterocycles. The van der Waals surface area contributed by atoms with E-state index >= 15 is 0 Å². The largest absolute Gasteiger partial charge is 0.487 e. The fourth-order valence-corrected chi connectivity index (χ4v) is 2.18. The van der Waals surface area contributed by atoms with Crippen molar-refractivity contribution >= 4 is 28.8 Å². The van der Waals surface area contributed by atoms with Crippen LogP contribution in [0.15, 0.2) is 24.3 Å². The Balaban J connectivity index is 2.45. The number of hydrogen-bond donors (Lipinski definition) is 3. The van der Waals surface area contributed by atoms with Gasteiger partial charge in [-0.3, -0.25) is 14.9 Å². The number of nitrogen functional groups attached to an aromatic ring is 3. The summed E-state index contributed by atoms with van der Waals surface area (Å²) >= 11 is 0. The third-order valence-corrected chi connectivity index (χ3v) is 3.31. The van der Waals surface area contributed by atoms with E-state index in [0.717, 1.165) is 6.07 Å². The summed E-state index contributed by atoms with van der Waals surface area (Å²) in [5.74, 6) is -0.353. The number of rotatable bonds is 6. The molecule has 0 bridgehead atoms. The Morgan fingerprint density at radius 2 is 1.96 bits per heavy atom. The monoisotopic (exact) mass is 345 g/mol. The van der Waals surface area contributed by atoms with Gasteiger partial charge in [-0.1, -0.05) is 13.8 Å². The van der Waals surface area contributed by atoms with Gasteiger partial charge in [0.05, 0.1) is 22.8 Å². The molecule has 2 rings (SSSR count). The number of pyridine rings is 1. The lowest BCUT2D eigenvalue weighted by atomic mass is 10.0. The molecule has 9 nitrogen and oxygen atoms in total. The number of anilines is 3. The van der Waals surface area contributed by atoms with Crippen molar-refractivity contribution in [3.63, 3.8) is 0 Å². The quantitative estimate of drug-likeness (QED) is 0.407. The van der Waals surface area contributed by atoms with E-state index in [1.165, 1.54) is 18.2 Å². The number of benzene rings is 1. The Bertz CT molecular complexity index is 812. The summed E-state index contributed by atoms with van der Waals surface area (Å²) in [4.78, 5) is 27.1. The molecule has 25 heavy (non-hydrogen) atoms. The first-order chi connectivity index (χ1) is 11.7. The lowest BCUT2D eigenvalue weighted by molar-refractivity contribution is -0.385. The summed E-state index contributed by atoms with van der Waals surface area (Å²) in [6.45, 7) is 4.16. The smallest absolute Gasteiger partial charge is 0.311 e. The second-order valence-corrected chi connectivity index (χ2v) is 5.87. The minimum Gasteiger partial charge on any atom is -0.487 e. The topological polar surface area (TPSA) is 160 Å². The van der Waals surface area contributed by atoms with Crippen molar-refractivity contribution in [1.82, 2.24) is 4.98 Å². The maximum absolute atomic E-state index is 12.6. The number of aromatic nitrogens is 1. The molecular weight excluding hydrogens is 326 g/mol. The predicted molar refractivity (Wildman–Crippen MR) is 94.3 cm³/mol. The van der Waals surface area contributed by atoms with Crippen LogP contribution in [0.4, 0.5) is 23.0 Å². The van der Waals surface area contributed by atoms with Crippen molar-refractivity contribution in [2.45, 2.75) is 13.8 Å². The number of ether oxygens (including phenoxy) is 1. The molecule has 9 heteroatoms. The maximum Gasteiger partial charge on any atom is 0.311 e. The van der Waals surface area contributed by atoms with Crippen LogP contribution in [0.5, 0.6) is 5.75 Å². The predicted octanol–water partition coefficient (Wildman–Crippen LogP) is 2.00. The van der Waals surface area contributed by atoms with Gasteiger partial charge in [0.25, 0.3) is 0 Å². The highest BCUT2D eigenvalue weighted by Crippen LogP contribution is 2.31. The van der Waals surface area contributed by atoms with E-state index in [2.05, 4.69) is 4.98 Å². The molecule has 6 N–H and O–H groups in total. The summed E-state index contributed by atoms with van der Waals surface area (Å²) in [5.41, 5.74) is 16.8. The highest BCUT2D eigenvalue weighted by atomic mass is 16.6. The van der Waals surface area contributed by atoms with Crippen molar-refractivity contribution < 1.29 is 14.5 Å². The lowest BCUT2D eigenvalue weighted by Crippen LogP contribution is -2.12. The third-order valence-electron chi connectivity index (χ3n) is 3.31. The fraction of sp³-hybridized carbons (Fsp3) is 0.250. The average Bonchev–Trinajstić information content (AvgIpc) is 2.51. The van der Waals surface area contributed by atoms with Gasteiger partial charge in [0.15, 0.2) is 11.5 Å². The SMILES string of the molecule is CC(C)COc1ccc(C(=O)c2c(N)cc(N)nc2N)cc1[N+](=O)[O-]. The second-order valence-electron chi connectivity index (χ2n) is 5.87. The molecular formula is C16H19N5O4. The van der Waals surface area contributed by atoms with E-state index in [1.807, 2.05) is 13.8 Å². The molecule has 0 aliphatic carbocycles. The highest BCUT2D eigenvalue weighted by molar-refractivity contribution is 6.15. The minimum absolute atomic E-state index is 0.0423. The number of carbonyl (C=O) groups excluding carboxylic acids is 1. The Morgan fingerprint density at radius 1 is 1.28 bits per heavy atom. The van der Waals surface area contributed by atoms with Crippen LogP contribution in [0.1, 0.15) is 29.8 Å². The fourth-order valence-electron chi connectivity index (χ4n) is 2.18. The molecule has 0 fully saturated rings. The van der Waals surface area contributed by atoms with Gasteiger partial charge in [-0.25, -0.2) is 4.98 Å². The molecule has 1 aromatic heterocycles. The normalized spacial score (nSPS) is 10.7. The molecule has 0 saturated carbocycles. The average molecular weight is 345 g/mol. The van der Waals surface area contributed by atoms with Crippen molar-refractivity contribution in [3.05, 3.63) is 45.5 Å². The Labute approximate surface area is 143 Å². The van der Waals surface area contributed by atoms with Gasteiger partial charge in [0.2, 0.25) is 0 Å². The van der Waals surface area contributed by atoms with Crippen LogP contribution in [0.2, 0.25) is 0 Å². The first-order valence-electron chi connectivity index (χ1n) is 7.48. The zero-order chi connectivity index (χ0) is 18.7. The van der Waals surface area contributed by atoms with Gasteiger partial charge in [-0.15, -0.1) is 0 Å². The van der Waals surface area contributed by atoms with Gasteiger partial charge >= 0.3 is 5.69 Å². The van der Waals surface area contributed by atoms with Crippen LogP contribution in [0.25, 0.3) is 0 Å². The molecule has 0 saturated heterocycles. The number of carbonyl (C=O) groups is 1. The highest BCUT2D eigenvalue weighted by Gasteiger charge is 2.23. The van der Waals surface area contributed by atoms with E-state index in [4.69, 9.17) is 21.9 Å². The van der Waals surface area contributed by atoms with Gasteiger partial charge in [-0.05, 0) is 18.1 Å². The van der Waals surface area contributed by atoms with Crippen LogP contribution in [0.3, 0.4) is 0 Å². The second kappa shape index (κ2) is 7.04. The standard InChI is InChI=1S/C16H19N5O4/c1-8(2)7-25-12-4-3-9(5-11(12)21(23)24)15(22)14-10(17)6-13(18)20-16(14)19/h3-6,8H,7H2,1-2H3,(H6,17,18,19,20). The van der Waals surface area contributed by atoms with Crippen LogP contribution < -0.4 is 21.9 Å². The molecule has 0 amide bonds. The van der Waals surface area contributed by atoms with Crippen LogP contribution in [-0.4, -0.2) is 22.3 Å². The van der Waals surface area contributed by atoms with Crippen molar-refractivity contribution in [3.8, 4) is 5.75 Å². The number of ketones is 1. The molecule has 2 aromatic rings. The molecule has 0 radical (unpaired) electrons. The van der Waals surface area contributed by atoms with Gasteiger partial charge < -0.3 is 21.9 Å². The van der Waals surface area contributed by atoms with Gasteiger partial charge in [0, 0.05) is 17.7 Å². The zero-order valence-corrected chi connectivity index (χ0v) is 13.9. The van der Waals surface area contributed by atoms with Crippen LogP contribution in [0, 0.1) is 16.0 Å². The molecule has 0 aliphatic heterocycles. The van der Waals surface area contributed by atoms with Gasteiger partial charge in [0.1, 0.15) is 11.6 Å². The number of nitrogens with two attached hydrogens (primary N) is 3. The van der Waals surface area contributed by atoms with E-state index in [0.29, 0.717) is 6.61 Å².